The summed E-state index contributed by atoms with van der Waals surface area (Å²) in [5.41, 5.74) is 5.23. The van der Waals surface area contributed by atoms with Crippen LogP contribution in [0.25, 0.3) is 21.5 Å². The number of rotatable bonds is 4. The highest BCUT2D eigenvalue weighted by Gasteiger charge is 2.19. The zero-order valence-electron chi connectivity index (χ0n) is 15.4. The molecule has 0 spiro atoms. The van der Waals surface area contributed by atoms with Gasteiger partial charge in [-0.15, -0.1) is 21.5 Å². The van der Waals surface area contributed by atoms with E-state index in [2.05, 4.69) is 41.4 Å². The largest absolute Gasteiger partial charge is 0.454 e. The molecule has 0 radical (unpaired) electrons. The summed E-state index contributed by atoms with van der Waals surface area (Å²) in [5, 5.41) is 10.9. The summed E-state index contributed by atoms with van der Waals surface area (Å²) >= 11 is 3.32. The van der Waals surface area contributed by atoms with E-state index in [1.165, 1.54) is 11.1 Å². The number of nitrogens with zero attached hydrogens (tertiary/aromatic N) is 3. The molecule has 0 saturated heterocycles. The number of thiazole rings is 1. The third kappa shape index (κ3) is 3.21. The molecule has 140 valence electrons. The molecule has 2 aromatic carbocycles. The molecule has 0 fully saturated rings. The van der Waals surface area contributed by atoms with Gasteiger partial charge in [-0.2, -0.15) is 0 Å². The van der Waals surface area contributed by atoms with Crippen molar-refractivity contribution < 1.29 is 9.47 Å². The van der Waals surface area contributed by atoms with E-state index in [-0.39, 0.29) is 6.79 Å². The van der Waals surface area contributed by atoms with Gasteiger partial charge < -0.3 is 9.47 Å². The van der Waals surface area contributed by atoms with Crippen LogP contribution in [-0.2, 0) is 5.75 Å². The minimum absolute atomic E-state index is 0.258. The molecule has 1 aliphatic heterocycles. The van der Waals surface area contributed by atoms with E-state index in [4.69, 9.17) is 14.5 Å². The van der Waals surface area contributed by atoms with Gasteiger partial charge in [-0.3, -0.25) is 0 Å². The number of hydrogen-bond acceptors (Lipinski definition) is 7. The Kier molecular flexibility index (Phi) is 4.41. The van der Waals surface area contributed by atoms with Crippen molar-refractivity contribution in [3.63, 3.8) is 0 Å². The summed E-state index contributed by atoms with van der Waals surface area (Å²) in [7, 11) is 0. The first-order valence-corrected chi connectivity index (χ1v) is 10.7. The number of aromatic nitrogens is 3. The van der Waals surface area contributed by atoms with Gasteiger partial charge in [-0.05, 0) is 37.6 Å². The van der Waals surface area contributed by atoms with Gasteiger partial charge in [-0.25, -0.2) is 4.98 Å². The van der Waals surface area contributed by atoms with Crippen LogP contribution in [0.5, 0.6) is 11.5 Å². The molecule has 2 aromatic heterocycles. The number of hydrogen-bond donors (Lipinski definition) is 0. The molecule has 0 saturated carbocycles. The molecule has 0 amide bonds. The summed E-state index contributed by atoms with van der Waals surface area (Å²) in [6, 6.07) is 14.4. The summed E-state index contributed by atoms with van der Waals surface area (Å²) < 4.78 is 12.0. The minimum Gasteiger partial charge on any atom is -0.454 e. The molecular formula is C21H17N3O2S2. The van der Waals surface area contributed by atoms with E-state index in [1.54, 1.807) is 23.1 Å². The molecule has 5 rings (SSSR count). The smallest absolute Gasteiger partial charge is 0.231 e. The highest BCUT2D eigenvalue weighted by molar-refractivity contribution is 7.98. The van der Waals surface area contributed by atoms with Crippen LogP contribution < -0.4 is 9.47 Å². The Morgan fingerprint density at radius 1 is 1.00 bits per heavy atom. The fraction of sp³-hybridized carbons (Fsp3) is 0.190. The summed E-state index contributed by atoms with van der Waals surface area (Å²) in [5.74, 6) is 2.34. The van der Waals surface area contributed by atoms with E-state index in [1.807, 2.05) is 25.1 Å². The second kappa shape index (κ2) is 7.07. The highest BCUT2D eigenvalue weighted by atomic mass is 32.2. The maximum absolute atomic E-state index is 5.51. The Bertz CT molecular complexity index is 1170. The lowest BCUT2D eigenvalue weighted by atomic mass is 10.1. The van der Waals surface area contributed by atoms with Gasteiger partial charge in [0.25, 0.3) is 0 Å². The zero-order valence-corrected chi connectivity index (χ0v) is 17.1. The molecule has 0 atom stereocenters. The van der Waals surface area contributed by atoms with Crippen molar-refractivity contribution in [1.29, 1.82) is 0 Å². The number of thioether (sulfide) groups is 1. The SMILES string of the molecule is Cc1ccc(CSc2nnc(-c3ccc4c(c3)OCO4)c3sc(C)nc23)cc1. The molecule has 0 bridgehead atoms. The lowest BCUT2D eigenvalue weighted by Gasteiger charge is -2.06. The van der Waals surface area contributed by atoms with E-state index in [9.17, 15) is 0 Å². The van der Waals surface area contributed by atoms with Gasteiger partial charge in [0.1, 0.15) is 16.2 Å². The highest BCUT2D eigenvalue weighted by Crippen LogP contribution is 2.40. The lowest BCUT2D eigenvalue weighted by Crippen LogP contribution is -1.93. The number of fused-ring (bicyclic) bond motifs is 2. The Balaban J connectivity index is 1.51. The first kappa shape index (κ1) is 17.5. The molecule has 3 heterocycles. The molecule has 28 heavy (non-hydrogen) atoms. The van der Waals surface area contributed by atoms with Crippen LogP contribution in [-0.4, -0.2) is 22.0 Å². The Labute approximate surface area is 170 Å². The minimum atomic E-state index is 0.258. The van der Waals surface area contributed by atoms with Gasteiger partial charge in [-0.1, -0.05) is 41.6 Å². The third-order valence-electron chi connectivity index (χ3n) is 4.53. The normalized spacial score (nSPS) is 12.6. The summed E-state index contributed by atoms with van der Waals surface area (Å²) in [6.45, 7) is 4.37. The van der Waals surface area contributed by atoms with Crippen LogP contribution in [0, 0.1) is 13.8 Å². The van der Waals surface area contributed by atoms with Crippen LogP contribution in [0.2, 0.25) is 0 Å². The number of benzene rings is 2. The molecule has 0 unspecified atom stereocenters. The van der Waals surface area contributed by atoms with Crippen molar-refractivity contribution >= 4 is 33.3 Å². The van der Waals surface area contributed by atoms with Crippen LogP contribution >= 0.6 is 23.1 Å². The Morgan fingerprint density at radius 2 is 1.82 bits per heavy atom. The van der Waals surface area contributed by atoms with Crippen molar-refractivity contribution in [1.82, 2.24) is 15.2 Å². The van der Waals surface area contributed by atoms with Crippen LogP contribution in [0.1, 0.15) is 16.1 Å². The van der Waals surface area contributed by atoms with E-state index in [0.717, 1.165) is 48.8 Å². The molecule has 0 N–H and O–H groups in total. The maximum atomic E-state index is 5.51. The first-order valence-electron chi connectivity index (χ1n) is 8.89. The van der Waals surface area contributed by atoms with E-state index < -0.39 is 0 Å². The second-order valence-corrected chi connectivity index (χ2v) is 8.77. The van der Waals surface area contributed by atoms with Gasteiger partial charge >= 0.3 is 0 Å². The molecule has 7 heteroatoms. The van der Waals surface area contributed by atoms with E-state index >= 15 is 0 Å². The molecule has 1 aliphatic rings. The Morgan fingerprint density at radius 3 is 2.68 bits per heavy atom. The van der Waals surface area contributed by atoms with Crippen LogP contribution in [0.4, 0.5) is 0 Å². The molecular weight excluding hydrogens is 390 g/mol. The molecule has 0 aliphatic carbocycles. The van der Waals surface area contributed by atoms with Crippen LogP contribution in [0.3, 0.4) is 0 Å². The molecule has 4 aromatic rings. The van der Waals surface area contributed by atoms with Crippen molar-refractivity contribution in [2.24, 2.45) is 0 Å². The number of aryl methyl sites for hydroxylation is 2. The van der Waals surface area contributed by atoms with Crippen molar-refractivity contribution in [2.75, 3.05) is 6.79 Å². The Hall–Kier alpha value is -2.64. The van der Waals surface area contributed by atoms with Crippen molar-refractivity contribution in [2.45, 2.75) is 24.6 Å². The zero-order chi connectivity index (χ0) is 19.1. The van der Waals surface area contributed by atoms with Crippen molar-refractivity contribution in [3.05, 3.63) is 58.6 Å². The van der Waals surface area contributed by atoms with Gasteiger partial charge in [0.2, 0.25) is 6.79 Å². The topological polar surface area (TPSA) is 57.1 Å². The fourth-order valence-corrected chi connectivity index (χ4v) is 4.96. The van der Waals surface area contributed by atoms with Gasteiger partial charge in [0, 0.05) is 11.3 Å². The van der Waals surface area contributed by atoms with Gasteiger partial charge in [0.15, 0.2) is 11.5 Å². The fourth-order valence-electron chi connectivity index (χ4n) is 3.09. The summed E-state index contributed by atoms with van der Waals surface area (Å²) in [6.07, 6.45) is 0. The monoisotopic (exact) mass is 407 g/mol. The maximum Gasteiger partial charge on any atom is 0.231 e. The summed E-state index contributed by atoms with van der Waals surface area (Å²) in [4.78, 5) is 4.74. The standard InChI is InChI=1S/C21H17N3O2S2/c1-12-3-5-14(6-4-12)10-27-21-19-20(28-13(2)22-19)18(23-24-21)15-7-8-16-17(9-15)26-11-25-16/h3-9H,10-11H2,1-2H3. The lowest BCUT2D eigenvalue weighted by molar-refractivity contribution is 0.174. The van der Waals surface area contributed by atoms with Gasteiger partial charge in [0.05, 0.1) is 9.71 Å². The quantitative estimate of drug-likeness (QED) is 0.423. The first-order chi connectivity index (χ1) is 13.7. The van der Waals surface area contributed by atoms with Crippen LogP contribution in [0.15, 0.2) is 47.5 Å². The average Bonchev–Trinajstić information content (AvgIpc) is 3.32. The van der Waals surface area contributed by atoms with Crippen molar-refractivity contribution in [3.8, 4) is 22.8 Å². The van der Waals surface area contributed by atoms with E-state index in [0.29, 0.717) is 0 Å². The number of ether oxygens (including phenoxy) is 2. The predicted octanol–water partition coefficient (Wildman–Crippen LogP) is 5.39. The molecule has 5 nitrogen and oxygen atoms in total. The third-order valence-corrected chi connectivity index (χ3v) is 6.54. The average molecular weight is 408 g/mol. The second-order valence-electron chi connectivity index (χ2n) is 6.61. The predicted molar refractivity (Wildman–Crippen MR) is 112 cm³/mol.